The predicted molar refractivity (Wildman–Crippen MR) is 107 cm³/mol. The summed E-state index contributed by atoms with van der Waals surface area (Å²) < 4.78 is 0. The molecule has 2 amide bonds. The molecule has 2 heterocycles. The van der Waals surface area contributed by atoms with Crippen LogP contribution in [0.4, 0.5) is 0 Å². The maximum absolute atomic E-state index is 12.6. The Morgan fingerprint density at radius 1 is 1.07 bits per heavy atom. The molecule has 1 aromatic carbocycles. The Morgan fingerprint density at radius 3 is 2.52 bits per heavy atom. The summed E-state index contributed by atoms with van der Waals surface area (Å²) in [7, 11) is 0. The molecule has 27 heavy (non-hydrogen) atoms. The van der Waals surface area contributed by atoms with Crippen LogP contribution in [-0.4, -0.2) is 53.8 Å². The molecule has 3 rings (SSSR count). The highest BCUT2D eigenvalue weighted by Gasteiger charge is 2.32. The monoisotopic (exact) mass is 371 g/mol. The molecule has 5 heteroatoms. The van der Waals surface area contributed by atoms with Crippen LogP contribution >= 0.6 is 0 Å². The van der Waals surface area contributed by atoms with E-state index in [0.29, 0.717) is 24.9 Å². The first-order chi connectivity index (χ1) is 13.2. The van der Waals surface area contributed by atoms with Crippen LogP contribution in [0.5, 0.6) is 0 Å². The molecule has 5 nitrogen and oxygen atoms in total. The number of likely N-dealkylation sites (tertiary alicyclic amines) is 2. The van der Waals surface area contributed by atoms with Crippen molar-refractivity contribution in [2.45, 2.75) is 58.0 Å². The van der Waals surface area contributed by atoms with Gasteiger partial charge in [0.25, 0.3) is 0 Å². The van der Waals surface area contributed by atoms with E-state index in [-0.39, 0.29) is 11.8 Å². The van der Waals surface area contributed by atoms with Crippen molar-refractivity contribution in [1.29, 1.82) is 0 Å². The molecule has 0 aromatic heterocycles. The Kier molecular flexibility index (Phi) is 7.27. The number of amides is 2. The molecule has 1 unspecified atom stereocenters. The summed E-state index contributed by atoms with van der Waals surface area (Å²) in [4.78, 5) is 29.2. The average Bonchev–Trinajstić information content (AvgIpc) is 2.73. The van der Waals surface area contributed by atoms with Crippen LogP contribution in [0.2, 0.25) is 0 Å². The van der Waals surface area contributed by atoms with Gasteiger partial charge < -0.3 is 10.2 Å². The first-order valence-corrected chi connectivity index (χ1v) is 10.5. The van der Waals surface area contributed by atoms with E-state index in [1.807, 2.05) is 35.2 Å². The van der Waals surface area contributed by atoms with Gasteiger partial charge in [-0.2, -0.15) is 0 Å². The first kappa shape index (κ1) is 19.9. The molecule has 2 aliphatic heterocycles. The van der Waals surface area contributed by atoms with Gasteiger partial charge in [-0.25, -0.2) is 0 Å². The third-order valence-electron chi connectivity index (χ3n) is 5.93. The third-order valence-corrected chi connectivity index (χ3v) is 5.93. The molecule has 148 valence electrons. The minimum Gasteiger partial charge on any atom is -0.352 e. The third kappa shape index (κ3) is 5.55. The largest absolute Gasteiger partial charge is 0.352 e. The molecule has 2 aliphatic rings. The van der Waals surface area contributed by atoms with E-state index in [1.54, 1.807) is 0 Å². The summed E-state index contributed by atoms with van der Waals surface area (Å²) in [5.74, 6) is 0.564. The van der Waals surface area contributed by atoms with Gasteiger partial charge in [-0.1, -0.05) is 37.3 Å². The van der Waals surface area contributed by atoms with Gasteiger partial charge in [0, 0.05) is 38.6 Å². The maximum atomic E-state index is 12.6. The summed E-state index contributed by atoms with van der Waals surface area (Å²) in [5, 5.41) is 3.11. The lowest BCUT2D eigenvalue weighted by molar-refractivity contribution is -0.133. The Morgan fingerprint density at radius 2 is 1.81 bits per heavy atom. The van der Waals surface area contributed by atoms with Crippen LogP contribution in [0.15, 0.2) is 30.3 Å². The molecule has 0 spiro atoms. The Balaban J connectivity index is 1.45. The van der Waals surface area contributed by atoms with Crippen LogP contribution < -0.4 is 5.32 Å². The topological polar surface area (TPSA) is 52.7 Å². The van der Waals surface area contributed by atoms with Crippen LogP contribution in [0, 0.1) is 5.92 Å². The molecule has 0 bridgehead atoms. The Labute approximate surface area is 163 Å². The van der Waals surface area contributed by atoms with E-state index >= 15 is 0 Å². The van der Waals surface area contributed by atoms with Gasteiger partial charge in [0.15, 0.2) is 0 Å². The van der Waals surface area contributed by atoms with Crippen molar-refractivity contribution in [3.63, 3.8) is 0 Å². The Hall–Kier alpha value is -1.88. The SMILES string of the molecule is CCCC(=O)N1CCC(N2CCCC(C(=O)NCc3ccccc3)C2)CC1. The maximum Gasteiger partial charge on any atom is 0.224 e. The van der Waals surface area contributed by atoms with Crippen molar-refractivity contribution >= 4 is 11.8 Å². The fourth-order valence-corrected chi connectivity index (χ4v) is 4.33. The van der Waals surface area contributed by atoms with E-state index in [0.717, 1.165) is 63.8 Å². The molecule has 2 fully saturated rings. The van der Waals surface area contributed by atoms with Gasteiger partial charge in [0.1, 0.15) is 0 Å². The standard InChI is InChI=1S/C22H33N3O2/c1-2-7-21(26)24-14-11-20(12-15-24)25-13-6-10-19(17-25)22(27)23-16-18-8-4-3-5-9-18/h3-5,8-9,19-20H,2,6-7,10-17H2,1H3,(H,23,27). The van der Waals surface area contributed by atoms with Crippen LogP contribution in [-0.2, 0) is 16.1 Å². The van der Waals surface area contributed by atoms with E-state index in [1.165, 1.54) is 0 Å². The number of carbonyl (C=O) groups excluding carboxylic acids is 2. The van der Waals surface area contributed by atoms with Gasteiger partial charge in [-0.05, 0) is 44.2 Å². The van der Waals surface area contributed by atoms with Crippen molar-refractivity contribution < 1.29 is 9.59 Å². The molecule has 1 aromatic rings. The van der Waals surface area contributed by atoms with Crippen molar-refractivity contribution in [2.75, 3.05) is 26.2 Å². The lowest BCUT2D eigenvalue weighted by Gasteiger charge is -2.42. The highest BCUT2D eigenvalue weighted by Crippen LogP contribution is 2.24. The summed E-state index contributed by atoms with van der Waals surface area (Å²) in [5.41, 5.74) is 1.14. The molecule has 2 saturated heterocycles. The highest BCUT2D eigenvalue weighted by atomic mass is 16.2. The second-order valence-corrected chi connectivity index (χ2v) is 7.90. The molecule has 0 radical (unpaired) electrons. The molecule has 1 atom stereocenters. The average molecular weight is 372 g/mol. The van der Waals surface area contributed by atoms with Crippen molar-refractivity contribution in [3.8, 4) is 0 Å². The number of piperidine rings is 2. The normalized spacial score (nSPS) is 21.8. The lowest BCUT2D eigenvalue weighted by atomic mass is 9.93. The number of nitrogens with one attached hydrogen (secondary N) is 1. The zero-order chi connectivity index (χ0) is 19.1. The van der Waals surface area contributed by atoms with Crippen molar-refractivity contribution in [3.05, 3.63) is 35.9 Å². The molecule has 1 N–H and O–H groups in total. The van der Waals surface area contributed by atoms with Gasteiger partial charge in [-0.15, -0.1) is 0 Å². The first-order valence-electron chi connectivity index (χ1n) is 10.5. The number of rotatable bonds is 6. The van der Waals surface area contributed by atoms with Crippen LogP contribution in [0.1, 0.15) is 51.0 Å². The van der Waals surface area contributed by atoms with E-state index in [9.17, 15) is 9.59 Å². The summed E-state index contributed by atoms with van der Waals surface area (Å²) >= 11 is 0. The minimum atomic E-state index is 0.0854. The lowest BCUT2D eigenvalue weighted by Crippen LogP contribution is -2.51. The van der Waals surface area contributed by atoms with Crippen LogP contribution in [0.25, 0.3) is 0 Å². The second-order valence-electron chi connectivity index (χ2n) is 7.90. The van der Waals surface area contributed by atoms with E-state index in [4.69, 9.17) is 0 Å². The molecule has 0 saturated carbocycles. The summed E-state index contributed by atoms with van der Waals surface area (Å²) in [6, 6.07) is 10.6. The number of carbonyl (C=O) groups is 2. The summed E-state index contributed by atoms with van der Waals surface area (Å²) in [6.45, 7) is 6.33. The fourth-order valence-electron chi connectivity index (χ4n) is 4.33. The smallest absolute Gasteiger partial charge is 0.224 e. The quantitative estimate of drug-likeness (QED) is 0.837. The highest BCUT2D eigenvalue weighted by molar-refractivity contribution is 5.79. The van der Waals surface area contributed by atoms with E-state index < -0.39 is 0 Å². The molecule has 0 aliphatic carbocycles. The number of hydrogen-bond acceptors (Lipinski definition) is 3. The Bertz CT molecular complexity index is 611. The van der Waals surface area contributed by atoms with Gasteiger partial charge in [0.2, 0.25) is 11.8 Å². The van der Waals surface area contributed by atoms with Gasteiger partial charge in [-0.3, -0.25) is 14.5 Å². The second kappa shape index (κ2) is 9.88. The van der Waals surface area contributed by atoms with Crippen molar-refractivity contribution in [2.24, 2.45) is 5.92 Å². The fraction of sp³-hybridized carbons (Fsp3) is 0.636. The zero-order valence-corrected chi connectivity index (χ0v) is 16.5. The van der Waals surface area contributed by atoms with Gasteiger partial charge in [0.05, 0.1) is 5.92 Å². The number of nitrogens with zero attached hydrogens (tertiary/aromatic N) is 2. The number of benzene rings is 1. The molecular weight excluding hydrogens is 338 g/mol. The van der Waals surface area contributed by atoms with Crippen molar-refractivity contribution in [1.82, 2.24) is 15.1 Å². The summed E-state index contributed by atoms with van der Waals surface area (Å²) in [6.07, 6.45) is 5.72. The zero-order valence-electron chi connectivity index (χ0n) is 16.5. The van der Waals surface area contributed by atoms with Crippen LogP contribution in [0.3, 0.4) is 0 Å². The van der Waals surface area contributed by atoms with E-state index in [2.05, 4.69) is 17.1 Å². The molecular formula is C22H33N3O2. The predicted octanol–water partition coefficient (Wildman–Crippen LogP) is 2.81. The minimum absolute atomic E-state index is 0.0854. The van der Waals surface area contributed by atoms with Gasteiger partial charge >= 0.3 is 0 Å². The number of hydrogen-bond donors (Lipinski definition) is 1.